The Morgan fingerprint density at radius 3 is 2.56 bits per heavy atom. The lowest BCUT2D eigenvalue weighted by atomic mass is 9.96. The van der Waals surface area contributed by atoms with Crippen LogP contribution >= 0.6 is 15.9 Å². The summed E-state index contributed by atoms with van der Waals surface area (Å²) in [5.74, 6) is 0.102. The number of hydrogen-bond donors (Lipinski definition) is 1. The molecule has 1 heterocycles. The van der Waals surface area contributed by atoms with Gasteiger partial charge in [0, 0.05) is 5.41 Å². The molecule has 0 aromatic carbocycles. The Hall–Kier alpha value is -1.23. The Morgan fingerprint density at radius 1 is 1.44 bits per heavy atom. The van der Waals surface area contributed by atoms with Gasteiger partial charge in [-0.15, -0.1) is 0 Å². The van der Waals surface area contributed by atoms with Crippen LogP contribution < -0.4 is 5.32 Å². The summed E-state index contributed by atoms with van der Waals surface area (Å²) in [5, 5.41) is 2.63. The lowest BCUT2D eigenvalue weighted by Crippen LogP contribution is -2.28. The molecule has 0 fully saturated rings. The summed E-state index contributed by atoms with van der Waals surface area (Å²) in [4.78, 5) is 26.5. The first-order valence-corrected chi connectivity index (χ1v) is 5.57. The second kappa shape index (κ2) is 4.74. The average molecular weight is 285 g/mol. The molecule has 16 heavy (non-hydrogen) atoms. The zero-order valence-corrected chi connectivity index (χ0v) is 11.0. The molecular weight excluding hydrogens is 272 g/mol. The molecule has 0 radical (unpaired) electrons. The van der Waals surface area contributed by atoms with E-state index in [1.807, 2.05) is 0 Å². The monoisotopic (exact) mass is 284 g/mol. The van der Waals surface area contributed by atoms with Gasteiger partial charge in [0.05, 0.1) is 5.56 Å². The minimum atomic E-state index is -0.524. The second-order valence-electron chi connectivity index (χ2n) is 4.39. The second-order valence-corrected chi connectivity index (χ2v) is 5.21. The molecule has 1 aromatic heterocycles. The summed E-state index contributed by atoms with van der Waals surface area (Å²) in [5.41, 5.74) is -0.162. The summed E-state index contributed by atoms with van der Waals surface area (Å²) in [6.45, 7) is 5.38. The first kappa shape index (κ1) is 12.8. The third-order valence-electron chi connectivity index (χ3n) is 1.93. The number of nitrogens with zero attached hydrogens (tertiary/aromatic N) is 1. The van der Waals surface area contributed by atoms with Crippen LogP contribution in [-0.4, -0.2) is 17.2 Å². The van der Waals surface area contributed by atoms with E-state index in [4.69, 9.17) is 0 Å². The van der Waals surface area contributed by atoms with Crippen molar-refractivity contribution in [1.82, 2.24) is 4.98 Å². The molecule has 0 saturated heterocycles. The first-order valence-electron chi connectivity index (χ1n) is 4.78. The van der Waals surface area contributed by atoms with Crippen molar-refractivity contribution in [3.05, 3.63) is 22.3 Å². The van der Waals surface area contributed by atoms with Crippen molar-refractivity contribution in [2.45, 2.75) is 20.8 Å². The van der Waals surface area contributed by atoms with Crippen molar-refractivity contribution in [1.29, 1.82) is 0 Å². The minimum absolute atomic E-state index is 0.179. The maximum absolute atomic E-state index is 11.7. The van der Waals surface area contributed by atoms with Gasteiger partial charge in [0.1, 0.15) is 10.4 Å². The highest BCUT2D eigenvalue weighted by Crippen LogP contribution is 2.19. The minimum Gasteiger partial charge on any atom is -0.310 e. The number of hydrogen-bond acceptors (Lipinski definition) is 3. The molecular formula is C11H13BrN2O2. The predicted molar refractivity (Wildman–Crippen MR) is 65.4 cm³/mol. The maximum Gasteiger partial charge on any atom is 0.230 e. The topological polar surface area (TPSA) is 59.1 Å². The SMILES string of the molecule is CC(C)(C)C(=O)Nc1nc(Br)ccc1C=O. The molecule has 0 atom stereocenters. The molecule has 1 amide bonds. The van der Waals surface area contributed by atoms with Crippen LogP contribution in [0.3, 0.4) is 0 Å². The van der Waals surface area contributed by atoms with Crippen LogP contribution in [0.1, 0.15) is 31.1 Å². The summed E-state index contributed by atoms with van der Waals surface area (Å²) < 4.78 is 0.572. The number of pyridine rings is 1. The van der Waals surface area contributed by atoms with Gasteiger partial charge in [-0.2, -0.15) is 0 Å². The van der Waals surface area contributed by atoms with E-state index in [9.17, 15) is 9.59 Å². The summed E-state index contributed by atoms with van der Waals surface area (Å²) in [6.07, 6.45) is 0.664. The molecule has 0 aliphatic rings. The highest BCUT2D eigenvalue weighted by Gasteiger charge is 2.22. The smallest absolute Gasteiger partial charge is 0.230 e. The van der Waals surface area contributed by atoms with Gasteiger partial charge in [-0.05, 0) is 28.1 Å². The van der Waals surface area contributed by atoms with E-state index in [1.165, 1.54) is 0 Å². The van der Waals surface area contributed by atoms with Gasteiger partial charge in [0.2, 0.25) is 5.91 Å². The maximum atomic E-state index is 11.7. The van der Waals surface area contributed by atoms with E-state index in [0.717, 1.165) is 0 Å². The van der Waals surface area contributed by atoms with E-state index in [0.29, 0.717) is 16.5 Å². The van der Waals surface area contributed by atoms with Crippen molar-refractivity contribution in [3.8, 4) is 0 Å². The number of aromatic nitrogens is 1. The van der Waals surface area contributed by atoms with Crippen LogP contribution in [0.2, 0.25) is 0 Å². The van der Waals surface area contributed by atoms with Crippen LogP contribution in [0.5, 0.6) is 0 Å². The number of carbonyl (C=O) groups is 2. The molecule has 0 spiro atoms. The number of carbonyl (C=O) groups excluding carboxylic acids is 2. The number of amides is 1. The van der Waals surface area contributed by atoms with Crippen molar-refractivity contribution < 1.29 is 9.59 Å². The summed E-state index contributed by atoms with van der Waals surface area (Å²) >= 11 is 3.19. The number of anilines is 1. The van der Waals surface area contributed by atoms with E-state index >= 15 is 0 Å². The quantitative estimate of drug-likeness (QED) is 0.671. The third-order valence-corrected chi connectivity index (χ3v) is 2.37. The normalized spacial score (nSPS) is 11.0. The Bertz CT molecular complexity index is 424. The van der Waals surface area contributed by atoms with Gasteiger partial charge in [-0.3, -0.25) is 9.59 Å². The fraction of sp³-hybridized carbons (Fsp3) is 0.364. The lowest BCUT2D eigenvalue weighted by molar-refractivity contribution is -0.123. The molecule has 0 bridgehead atoms. The molecule has 1 N–H and O–H groups in total. The highest BCUT2D eigenvalue weighted by molar-refractivity contribution is 9.10. The molecule has 86 valence electrons. The summed E-state index contributed by atoms with van der Waals surface area (Å²) in [6, 6.07) is 3.25. The molecule has 0 unspecified atom stereocenters. The molecule has 0 saturated carbocycles. The number of aldehydes is 1. The standard InChI is InChI=1S/C11H13BrN2O2/c1-11(2,3)10(16)14-9-7(6-15)4-5-8(12)13-9/h4-6H,1-3H3,(H,13,14,16). The molecule has 5 heteroatoms. The van der Waals surface area contributed by atoms with Crippen LogP contribution in [-0.2, 0) is 4.79 Å². The fourth-order valence-corrected chi connectivity index (χ4v) is 1.25. The zero-order valence-electron chi connectivity index (χ0n) is 9.37. The molecule has 4 nitrogen and oxygen atoms in total. The van der Waals surface area contributed by atoms with Crippen LogP contribution in [0.4, 0.5) is 5.82 Å². The van der Waals surface area contributed by atoms with Crippen LogP contribution in [0.15, 0.2) is 16.7 Å². The molecule has 1 rings (SSSR count). The Labute approximate surface area is 103 Å². The molecule has 0 aliphatic carbocycles. The van der Waals surface area contributed by atoms with E-state index < -0.39 is 5.41 Å². The van der Waals surface area contributed by atoms with Crippen molar-refractivity contribution in [3.63, 3.8) is 0 Å². The largest absolute Gasteiger partial charge is 0.310 e. The van der Waals surface area contributed by atoms with Gasteiger partial charge in [-0.25, -0.2) is 4.98 Å². The fourth-order valence-electron chi connectivity index (χ4n) is 0.936. The van der Waals surface area contributed by atoms with E-state index in [2.05, 4.69) is 26.2 Å². The van der Waals surface area contributed by atoms with Gasteiger partial charge in [0.15, 0.2) is 6.29 Å². The Kier molecular flexibility index (Phi) is 3.80. The van der Waals surface area contributed by atoms with Crippen molar-refractivity contribution in [2.24, 2.45) is 5.41 Å². The highest BCUT2D eigenvalue weighted by atomic mass is 79.9. The van der Waals surface area contributed by atoms with Crippen molar-refractivity contribution in [2.75, 3.05) is 5.32 Å². The number of nitrogens with one attached hydrogen (secondary N) is 1. The van der Waals surface area contributed by atoms with Gasteiger partial charge in [-0.1, -0.05) is 20.8 Å². The molecule has 1 aromatic rings. The molecule has 0 aliphatic heterocycles. The lowest BCUT2D eigenvalue weighted by Gasteiger charge is -2.17. The van der Waals surface area contributed by atoms with Gasteiger partial charge in [0.25, 0.3) is 0 Å². The Morgan fingerprint density at radius 2 is 2.06 bits per heavy atom. The number of halogens is 1. The van der Waals surface area contributed by atoms with Crippen LogP contribution in [0.25, 0.3) is 0 Å². The summed E-state index contributed by atoms with van der Waals surface area (Å²) in [7, 11) is 0. The third kappa shape index (κ3) is 3.13. The van der Waals surface area contributed by atoms with Gasteiger partial charge < -0.3 is 5.32 Å². The number of rotatable bonds is 2. The van der Waals surface area contributed by atoms with Crippen molar-refractivity contribution >= 4 is 33.9 Å². The van der Waals surface area contributed by atoms with Gasteiger partial charge >= 0.3 is 0 Å². The zero-order chi connectivity index (χ0) is 12.3. The van der Waals surface area contributed by atoms with E-state index in [-0.39, 0.29) is 11.7 Å². The van der Waals surface area contributed by atoms with E-state index in [1.54, 1.807) is 32.9 Å². The Balaban J connectivity index is 3.00. The van der Waals surface area contributed by atoms with Crippen LogP contribution in [0, 0.1) is 5.41 Å². The average Bonchev–Trinajstić information content (AvgIpc) is 2.16. The predicted octanol–water partition coefficient (Wildman–Crippen LogP) is 2.64. The first-order chi connectivity index (χ1) is 7.34.